The smallest absolute Gasteiger partial charge is 0.0578 e. The number of rotatable bonds is 5. The summed E-state index contributed by atoms with van der Waals surface area (Å²) < 4.78 is 0. The van der Waals surface area contributed by atoms with Crippen molar-refractivity contribution in [2.75, 3.05) is 6.54 Å². The molecule has 2 nitrogen and oxygen atoms in total. The number of hydrogen-bond donors (Lipinski definition) is 1. The lowest BCUT2D eigenvalue weighted by atomic mass is 9.72. The van der Waals surface area contributed by atoms with Gasteiger partial charge in [0.1, 0.15) is 0 Å². The molecule has 0 amide bonds. The van der Waals surface area contributed by atoms with Crippen molar-refractivity contribution in [1.82, 2.24) is 10.3 Å². The number of pyridine rings is 1. The quantitative estimate of drug-likeness (QED) is 0.855. The van der Waals surface area contributed by atoms with E-state index in [0.29, 0.717) is 6.04 Å². The molecule has 112 valence electrons. The standard InChI is InChI=1S/C18H30N2/c1-5-9-20-18(17-11-13(2)8-10-19-17)16-7-6-14(3)15(4)12-16/h8,10-11,14-16,18,20H,5-7,9,12H2,1-4H3. The van der Waals surface area contributed by atoms with Crippen molar-refractivity contribution in [3.63, 3.8) is 0 Å². The molecule has 4 atom stereocenters. The topological polar surface area (TPSA) is 24.9 Å². The molecule has 0 aromatic carbocycles. The Kier molecular flexibility index (Phi) is 5.59. The molecule has 1 aliphatic rings. The van der Waals surface area contributed by atoms with Crippen LogP contribution in [0.3, 0.4) is 0 Å². The molecule has 2 rings (SSSR count). The summed E-state index contributed by atoms with van der Waals surface area (Å²) in [6, 6.07) is 4.78. The van der Waals surface area contributed by atoms with E-state index in [9.17, 15) is 0 Å². The maximum absolute atomic E-state index is 4.65. The lowest BCUT2D eigenvalue weighted by Crippen LogP contribution is -2.34. The predicted octanol–water partition coefficient (Wildman–Crippen LogP) is 4.50. The van der Waals surface area contributed by atoms with Crippen molar-refractivity contribution in [3.05, 3.63) is 29.6 Å². The van der Waals surface area contributed by atoms with E-state index >= 15 is 0 Å². The van der Waals surface area contributed by atoms with Gasteiger partial charge in [0.15, 0.2) is 0 Å². The molecule has 0 aliphatic heterocycles. The van der Waals surface area contributed by atoms with Gasteiger partial charge in [-0.25, -0.2) is 0 Å². The number of aromatic nitrogens is 1. The molecule has 4 unspecified atom stereocenters. The third-order valence-corrected chi connectivity index (χ3v) is 4.98. The van der Waals surface area contributed by atoms with Gasteiger partial charge >= 0.3 is 0 Å². The van der Waals surface area contributed by atoms with Gasteiger partial charge in [-0.15, -0.1) is 0 Å². The van der Waals surface area contributed by atoms with Gasteiger partial charge in [-0.3, -0.25) is 4.98 Å². The summed E-state index contributed by atoms with van der Waals surface area (Å²) in [5.74, 6) is 2.45. The first-order valence-electron chi connectivity index (χ1n) is 8.27. The average molecular weight is 274 g/mol. The van der Waals surface area contributed by atoms with Crippen LogP contribution in [0, 0.1) is 24.7 Å². The molecule has 0 radical (unpaired) electrons. The van der Waals surface area contributed by atoms with E-state index in [1.54, 1.807) is 0 Å². The molecule has 2 heteroatoms. The minimum absolute atomic E-state index is 0.435. The summed E-state index contributed by atoms with van der Waals surface area (Å²) in [6.07, 6.45) is 7.17. The second-order valence-corrected chi connectivity index (χ2v) is 6.72. The van der Waals surface area contributed by atoms with Gasteiger partial charge in [0, 0.05) is 6.20 Å². The molecule has 1 heterocycles. The summed E-state index contributed by atoms with van der Waals surface area (Å²) in [5, 5.41) is 3.76. The zero-order valence-electron chi connectivity index (χ0n) is 13.5. The normalized spacial score (nSPS) is 28.3. The summed E-state index contributed by atoms with van der Waals surface area (Å²) in [6.45, 7) is 10.3. The first-order chi connectivity index (χ1) is 9.61. The first-order valence-corrected chi connectivity index (χ1v) is 8.27. The van der Waals surface area contributed by atoms with E-state index in [1.807, 2.05) is 6.20 Å². The van der Waals surface area contributed by atoms with Gasteiger partial charge in [-0.1, -0.05) is 27.2 Å². The first kappa shape index (κ1) is 15.5. The third kappa shape index (κ3) is 3.82. The maximum Gasteiger partial charge on any atom is 0.0578 e. The van der Waals surface area contributed by atoms with Gasteiger partial charge in [0.2, 0.25) is 0 Å². The Hall–Kier alpha value is -0.890. The van der Waals surface area contributed by atoms with Crippen LogP contribution < -0.4 is 5.32 Å². The van der Waals surface area contributed by atoms with Gasteiger partial charge in [0.05, 0.1) is 11.7 Å². The number of nitrogens with one attached hydrogen (secondary N) is 1. The summed E-state index contributed by atoms with van der Waals surface area (Å²) in [4.78, 5) is 4.65. The van der Waals surface area contributed by atoms with Crippen LogP contribution in [-0.2, 0) is 0 Å². The van der Waals surface area contributed by atoms with Crippen molar-refractivity contribution in [3.8, 4) is 0 Å². The zero-order valence-corrected chi connectivity index (χ0v) is 13.5. The summed E-state index contributed by atoms with van der Waals surface area (Å²) >= 11 is 0. The Balaban J connectivity index is 2.15. The Bertz CT molecular complexity index is 416. The Morgan fingerprint density at radius 2 is 2.10 bits per heavy atom. The molecular formula is C18H30N2. The van der Waals surface area contributed by atoms with Gasteiger partial charge in [-0.2, -0.15) is 0 Å². The van der Waals surface area contributed by atoms with Crippen molar-refractivity contribution < 1.29 is 0 Å². The molecule has 20 heavy (non-hydrogen) atoms. The molecule has 0 saturated heterocycles. The lowest BCUT2D eigenvalue weighted by molar-refractivity contribution is 0.169. The zero-order chi connectivity index (χ0) is 14.5. The SMILES string of the molecule is CCCNC(c1cc(C)ccn1)C1CCC(C)C(C)C1. The van der Waals surface area contributed by atoms with E-state index < -0.39 is 0 Å². The molecule has 1 aromatic heterocycles. The fourth-order valence-corrected chi connectivity index (χ4v) is 3.43. The molecule has 1 aliphatic carbocycles. The van der Waals surface area contributed by atoms with Crippen LogP contribution in [0.5, 0.6) is 0 Å². The van der Waals surface area contributed by atoms with Crippen LogP contribution in [0.15, 0.2) is 18.3 Å². The van der Waals surface area contributed by atoms with Gasteiger partial charge < -0.3 is 5.32 Å². The van der Waals surface area contributed by atoms with Gasteiger partial charge in [-0.05, 0) is 68.2 Å². The second-order valence-electron chi connectivity index (χ2n) is 6.72. The molecule has 1 N–H and O–H groups in total. The molecule has 1 fully saturated rings. The van der Waals surface area contributed by atoms with Crippen LogP contribution in [0.25, 0.3) is 0 Å². The minimum atomic E-state index is 0.435. The van der Waals surface area contributed by atoms with Crippen molar-refractivity contribution in [2.45, 2.75) is 59.4 Å². The Morgan fingerprint density at radius 1 is 1.30 bits per heavy atom. The number of nitrogens with zero attached hydrogens (tertiary/aromatic N) is 1. The molecule has 0 bridgehead atoms. The molecular weight excluding hydrogens is 244 g/mol. The van der Waals surface area contributed by atoms with Crippen molar-refractivity contribution in [1.29, 1.82) is 0 Å². The van der Waals surface area contributed by atoms with Gasteiger partial charge in [0.25, 0.3) is 0 Å². The molecule has 0 spiro atoms. The highest BCUT2D eigenvalue weighted by molar-refractivity contribution is 5.18. The van der Waals surface area contributed by atoms with E-state index in [0.717, 1.165) is 24.3 Å². The van der Waals surface area contributed by atoms with Crippen LogP contribution in [-0.4, -0.2) is 11.5 Å². The lowest BCUT2D eigenvalue weighted by Gasteiger charge is -2.37. The highest BCUT2D eigenvalue weighted by atomic mass is 14.9. The van der Waals surface area contributed by atoms with E-state index in [4.69, 9.17) is 0 Å². The molecule has 1 saturated carbocycles. The third-order valence-electron chi connectivity index (χ3n) is 4.98. The van der Waals surface area contributed by atoms with Crippen LogP contribution >= 0.6 is 0 Å². The minimum Gasteiger partial charge on any atom is -0.308 e. The molecule has 1 aromatic rings. The number of aryl methyl sites for hydroxylation is 1. The fraction of sp³-hybridized carbons (Fsp3) is 0.722. The van der Waals surface area contributed by atoms with Crippen molar-refractivity contribution in [2.24, 2.45) is 17.8 Å². The van der Waals surface area contributed by atoms with E-state index in [-0.39, 0.29) is 0 Å². The second kappa shape index (κ2) is 7.21. The van der Waals surface area contributed by atoms with Crippen LogP contribution in [0.4, 0.5) is 0 Å². The average Bonchev–Trinajstić information content (AvgIpc) is 2.43. The number of hydrogen-bond acceptors (Lipinski definition) is 2. The van der Waals surface area contributed by atoms with E-state index in [2.05, 4.69) is 50.1 Å². The maximum atomic E-state index is 4.65. The van der Waals surface area contributed by atoms with Crippen LogP contribution in [0.1, 0.15) is 63.8 Å². The van der Waals surface area contributed by atoms with Crippen LogP contribution in [0.2, 0.25) is 0 Å². The van der Waals surface area contributed by atoms with Crippen molar-refractivity contribution >= 4 is 0 Å². The highest BCUT2D eigenvalue weighted by Crippen LogP contribution is 2.39. The monoisotopic (exact) mass is 274 g/mol. The Morgan fingerprint density at radius 3 is 2.75 bits per heavy atom. The fourth-order valence-electron chi connectivity index (χ4n) is 3.43. The summed E-state index contributed by atoms with van der Waals surface area (Å²) in [7, 11) is 0. The largest absolute Gasteiger partial charge is 0.308 e. The highest BCUT2D eigenvalue weighted by Gasteiger charge is 2.31. The Labute approximate surface area is 124 Å². The predicted molar refractivity (Wildman–Crippen MR) is 85.7 cm³/mol. The van der Waals surface area contributed by atoms with E-state index in [1.165, 1.54) is 36.9 Å². The summed E-state index contributed by atoms with van der Waals surface area (Å²) in [5.41, 5.74) is 2.56.